The van der Waals surface area contributed by atoms with E-state index >= 15 is 0 Å². The summed E-state index contributed by atoms with van der Waals surface area (Å²) in [5.41, 5.74) is 4.48. The summed E-state index contributed by atoms with van der Waals surface area (Å²) in [6, 6.07) is 7.95. The molecule has 2 aliphatic heterocycles. The van der Waals surface area contributed by atoms with Gasteiger partial charge in [-0.1, -0.05) is 19.1 Å². The van der Waals surface area contributed by atoms with E-state index in [2.05, 4.69) is 19.9 Å². The lowest BCUT2D eigenvalue weighted by molar-refractivity contribution is -0.140. The number of alkyl halides is 3. The van der Waals surface area contributed by atoms with Crippen LogP contribution in [0.4, 0.5) is 35.7 Å². The number of nitrogens with two attached hydrogens (primary N) is 1. The number of carbonyl (C=O) groups is 1. The van der Waals surface area contributed by atoms with E-state index in [1.807, 2.05) is 6.92 Å². The van der Waals surface area contributed by atoms with Crippen molar-refractivity contribution in [3.05, 3.63) is 47.8 Å². The monoisotopic (exact) mass is 545 g/mol. The molecule has 14 heteroatoms. The second-order valence-corrected chi connectivity index (χ2v) is 8.92. The highest BCUT2D eigenvalue weighted by Gasteiger charge is 2.44. The average molecular weight is 546 g/mol. The van der Waals surface area contributed by atoms with E-state index in [0.717, 1.165) is 11.8 Å². The molecule has 0 radical (unpaired) electrons. The standard InChI is InChI=1S/C25H26F3N7O4/c1-3-18-20(14-4-6-15(37-2)7-5-14)39-24(36)35(18)19-12-17(31-23(32-19)34-8-10-38-11-9-34)16-13-30-22(29)33-21(16)25(26,27)28/h4-7,12-13,18,20H,3,8-11H2,1-2H3,(H2,29,30,33)/t18-,20+/m0/s1. The molecule has 0 saturated carbocycles. The highest BCUT2D eigenvalue weighted by Crippen LogP contribution is 2.40. The van der Waals surface area contributed by atoms with Crippen molar-refractivity contribution in [1.29, 1.82) is 0 Å². The third-order valence-corrected chi connectivity index (χ3v) is 6.56. The van der Waals surface area contributed by atoms with Gasteiger partial charge in [-0.05, 0) is 24.1 Å². The van der Waals surface area contributed by atoms with E-state index < -0.39 is 36.1 Å². The van der Waals surface area contributed by atoms with Crippen molar-refractivity contribution >= 4 is 23.8 Å². The van der Waals surface area contributed by atoms with Crippen LogP contribution in [-0.2, 0) is 15.7 Å². The Morgan fingerprint density at radius 1 is 1.13 bits per heavy atom. The van der Waals surface area contributed by atoms with E-state index in [1.54, 1.807) is 36.3 Å². The van der Waals surface area contributed by atoms with E-state index in [1.165, 1.54) is 11.0 Å². The zero-order valence-corrected chi connectivity index (χ0v) is 21.2. The van der Waals surface area contributed by atoms with Crippen LogP contribution < -0.4 is 20.3 Å². The van der Waals surface area contributed by atoms with Crippen LogP contribution in [0.25, 0.3) is 11.3 Å². The van der Waals surface area contributed by atoms with E-state index in [-0.39, 0.29) is 23.0 Å². The van der Waals surface area contributed by atoms with Crippen LogP contribution in [0.1, 0.15) is 30.7 Å². The molecule has 4 heterocycles. The van der Waals surface area contributed by atoms with Crippen molar-refractivity contribution in [2.75, 3.05) is 48.9 Å². The molecule has 2 fully saturated rings. The lowest BCUT2D eigenvalue weighted by atomic mass is 10.00. The Bertz CT molecular complexity index is 1350. The summed E-state index contributed by atoms with van der Waals surface area (Å²) in [5.74, 6) is 0.366. The fourth-order valence-electron chi connectivity index (χ4n) is 4.65. The summed E-state index contributed by atoms with van der Waals surface area (Å²) in [5, 5.41) is 0. The first-order valence-corrected chi connectivity index (χ1v) is 12.2. The maximum atomic E-state index is 13.9. The molecule has 0 bridgehead atoms. The first-order chi connectivity index (χ1) is 18.7. The van der Waals surface area contributed by atoms with E-state index in [4.69, 9.17) is 19.9 Å². The number of benzene rings is 1. The van der Waals surface area contributed by atoms with Crippen molar-refractivity contribution in [1.82, 2.24) is 19.9 Å². The number of aromatic nitrogens is 4. The van der Waals surface area contributed by atoms with Gasteiger partial charge in [-0.3, -0.25) is 4.90 Å². The van der Waals surface area contributed by atoms with Crippen LogP contribution in [0.15, 0.2) is 36.5 Å². The van der Waals surface area contributed by atoms with Crippen LogP contribution in [0.3, 0.4) is 0 Å². The van der Waals surface area contributed by atoms with E-state index in [9.17, 15) is 18.0 Å². The zero-order valence-electron chi connectivity index (χ0n) is 21.2. The number of rotatable bonds is 6. The summed E-state index contributed by atoms with van der Waals surface area (Å²) in [7, 11) is 1.55. The molecule has 0 aliphatic carbocycles. The quantitative estimate of drug-likeness (QED) is 0.488. The first-order valence-electron chi connectivity index (χ1n) is 12.2. The van der Waals surface area contributed by atoms with Gasteiger partial charge < -0.3 is 24.8 Å². The molecule has 2 atom stereocenters. The molecule has 11 nitrogen and oxygen atoms in total. The van der Waals surface area contributed by atoms with Crippen LogP contribution >= 0.6 is 0 Å². The normalized spacial score (nSPS) is 19.8. The van der Waals surface area contributed by atoms with Gasteiger partial charge in [0.25, 0.3) is 0 Å². The largest absolute Gasteiger partial charge is 0.497 e. The van der Waals surface area contributed by atoms with E-state index in [0.29, 0.717) is 38.5 Å². The van der Waals surface area contributed by atoms with Gasteiger partial charge in [-0.25, -0.2) is 19.7 Å². The molecular formula is C25H26F3N7O4. The van der Waals surface area contributed by atoms with Crippen molar-refractivity contribution < 1.29 is 32.2 Å². The Morgan fingerprint density at radius 2 is 1.85 bits per heavy atom. The summed E-state index contributed by atoms with van der Waals surface area (Å²) in [6.45, 7) is 3.51. The number of hydrogen-bond donors (Lipinski definition) is 1. The minimum atomic E-state index is -4.82. The number of methoxy groups -OCH3 is 1. The summed E-state index contributed by atoms with van der Waals surface area (Å²) < 4.78 is 58.2. The maximum Gasteiger partial charge on any atom is 0.434 e. The summed E-state index contributed by atoms with van der Waals surface area (Å²) in [4.78, 5) is 32.6. The number of nitrogens with zero attached hydrogens (tertiary/aromatic N) is 6. The number of carbonyl (C=O) groups excluding carboxylic acids is 1. The average Bonchev–Trinajstić information content (AvgIpc) is 3.28. The molecule has 3 aromatic rings. The number of amides is 1. The molecule has 2 N–H and O–H groups in total. The van der Waals surface area contributed by atoms with Crippen LogP contribution in [0.5, 0.6) is 5.75 Å². The number of morpholine rings is 1. The predicted molar refractivity (Wildman–Crippen MR) is 134 cm³/mol. The molecule has 2 aromatic heterocycles. The maximum absolute atomic E-state index is 13.9. The van der Waals surface area contributed by atoms with Gasteiger partial charge >= 0.3 is 12.3 Å². The molecule has 206 valence electrons. The molecular weight excluding hydrogens is 519 g/mol. The fraction of sp³-hybridized carbons (Fsp3) is 0.400. The number of ether oxygens (including phenoxy) is 3. The van der Waals surface area contributed by atoms with Gasteiger partial charge in [0.05, 0.1) is 32.1 Å². The minimum Gasteiger partial charge on any atom is -0.497 e. The summed E-state index contributed by atoms with van der Waals surface area (Å²) >= 11 is 0. The highest BCUT2D eigenvalue weighted by atomic mass is 19.4. The lowest BCUT2D eigenvalue weighted by Crippen LogP contribution is -2.39. The second-order valence-electron chi connectivity index (χ2n) is 8.92. The predicted octanol–water partition coefficient (Wildman–Crippen LogP) is 3.86. The topological polar surface area (TPSA) is 129 Å². The number of hydrogen-bond acceptors (Lipinski definition) is 10. The van der Waals surface area contributed by atoms with Crippen LogP contribution in [-0.4, -0.2) is 65.5 Å². The van der Waals surface area contributed by atoms with Gasteiger partial charge in [-0.15, -0.1) is 0 Å². The Balaban J connectivity index is 1.62. The van der Waals surface area contributed by atoms with Gasteiger partial charge in [0.1, 0.15) is 17.7 Å². The van der Waals surface area contributed by atoms with Crippen LogP contribution in [0, 0.1) is 0 Å². The number of halogens is 3. The second kappa shape index (κ2) is 10.5. The molecule has 5 rings (SSSR count). The molecule has 1 aromatic carbocycles. The molecule has 39 heavy (non-hydrogen) atoms. The zero-order chi connectivity index (χ0) is 27.7. The fourth-order valence-corrected chi connectivity index (χ4v) is 4.65. The van der Waals surface area contributed by atoms with Crippen molar-refractivity contribution in [2.45, 2.75) is 31.7 Å². The molecule has 2 aliphatic rings. The molecule has 1 amide bonds. The Morgan fingerprint density at radius 3 is 2.49 bits per heavy atom. The molecule has 2 saturated heterocycles. The van der Waals surface area contributed by atoms with Gasteiger partial charge in [-0.2, -0.15) is 18.2 Å². The number of anilines is 3. The summed E-state index contributed by atoms with van der Waals surface area (Å²) in [6.07, 6.45) is -4.68. The Kier molecular flexibility index (Phi) is 7.12. The number of nitrogen functional groups attached to an aromatic ring is 1. The molecule has 0 unspecified atom stereocenters. The number of cyclic esters (lactones) is 1. The third-order valence-electron chi connectivity index (χ3n) is 6.56. The van der Waals surface area contributed by atoms with Crippen molar-refractivity contribution in [3.8, 4) is 17.0 Å². The first kappa shape index (κ1) is 26.4. The third kappa shape index (κ3) is 5.24. The van der Waals surface area contributed by atoms with Gasteiger partial charge in [0.2, 0.25) is 11.9 Å². The highest BCUT2D eigenvalue weighted by molar-refractivity contribution is 5.90. The Hall–Kier alpha value is -4.20. The van der Waals surface area contributed by atoms with Crippen molar-refractivity contribution in [2.24, 2.45) is 0 Å². The minimum absolute atomic E-state index is 0.0966. The lowest BCUT2D eigenvalue weighted by Gasteiger charge is -2.29. The van der Waals surface area contributed by atoms with Crippen molar-refractivity contribution in [3.63, 3.8) is 0 Å². The Labute approximate surface area is 221 Å². The van der Waals surface area contributed by atoms with Gasteiger partial charge in [0.15, 0.2) is 5.69 Å². The van der Waals surface area contributed by atoms with Crippen LogP contribution in [0.2, 0.25) is 0 Å². The SMILES string of the molecule is CC[C@H]1[C@@H](c2ccc(OC)cc2)OC(=O)N1c1cc(-c2cnc(N)nc2C(F)(F)F)nc(N2CCOCC2)n1. The smallest absolute Gasteiger partial charge is 0.434 e. The van der Waals surface area contributed by atoms with Gasteiger partial charge in [0, 0.05) is 30.9 Å². The molecule has 0 spiro atoms.